The number of alkyl halides is 2. The number of phenolic OH excluding ortho intramolecular Hbond substituents is 1. The van der Waals surface area contributed by atoms with Crippen LogP contribution in [0, 0.1) is 5.82 Å². The second-order valence-corrected chi connectivity index (χ2v) is 3.51. The Bertz CT molecular complexity index is 346. The summed E-state index contributed by atoms with van der Waals surface area (Å²) >= 11 is 2.88. The molecule has 1 aromatic rings. The fourth-order valence-electron chi connectivity index (χ4n) is 1.000. The van der Waals surface area contributed by atoms with E-state index in [9.17, 15) is 18.3 Å². The number of benzene rings is 1. The molecule has 0 aliphatic carbocycles. The molecule has 0 aliphatic heterocycles. The maximum Gasteiger partial charge on any atom is 0.257 e. The second kappa shape index (κ2) is 4.18. The molecule has 0 saturated carbocycles. The molecule has 78 valence electrons. The van der Waals surface area contributed by atoms with E-state index in [0.29, 0.717) is 0 Å². The summed E-state index contributed by atoms with van der Waals surface area (Å²) in [6.07, 6.45) is -2.93. The molecule has 0 fully saturated rings. The minimum absolute atomic E-state index is 0.130. The first kappa shape index (κ1) is 11.3. The van der Waals surface area contributed by atoms with E-state index in [0.717, 1.165) is 6.07 Å². The van der Waals surface area contributed by atoms with Crippen molar-refractivity contribution in [2.24, 2.45) is 5.73 Å². The van der Waals surface area contributed by atoms with E-state index in [1.807, 2.05) is 0 Å². The molecule has 1 atom stereocenters. The molecular weight excluding hydrogens is 263 g/mol. The SMILES string of the molecule is N[C@@H](c1c(F)ccc(Br)c1O)C(F)F. The average molecular weight is 270 g/mol. The van der Waals surface area contributed by atoms with Gasteiger partial charge < -0.3 is 10.8 Å². The van der Waals surface area contributed by atoms with Gasteiger partial charge in [-0.25, -0.2) is 13.2 Å². The maximum atomic E-state index is 13.0. The fraction of sp³-hybridized carbons (Fsp3) is 0.250. The smallest absolute Gasteiger partial charge is 0.257 e. The minimum atomic E-state index is -2.93. The van der Waals surface area contributed by atoms with Crippen LogP contribution < -0.4 is 5.73 Å². The van der Waals surface area contributed by atoms with Gasteiger partial charge in [-0.15, -0.1) is 0 Å². The van der Waals surface area contributed by atoms with Crippen LogP contribution in [0.3, 0.4) is 0 Å². The van der Waals surface area contributed by atoms with Crippen molar-refractivity contribution >= 4 is 15.9 Å². The van der Waals surface area contributed by atoms with Gasteiger partial charge in [0.15, 0.2) is 0 Å². The van der Waals surface area contributed by atoms with Gasteiger partial charge in [-0.1, -0.05) is 0 Å². The summed E-state index contributed by atoms with van der Waals surface area (Å²) in [7, 11) is 0. The Balaban J connectivity index is 3.25. The Morgan fingerprint density at radius 1 is 1.36 bits per heavy atom. The molecule has 0 unspecified atom stereocenters. The van der Waals surface area contributed by atoms with Crippen molar-refractivity contribution in [3.63, 3.8) is 0 Å². The molecule has 3 N–H and O–H groups in total. The Morgan fingerprint density at radius 3 is 2.43 bits per heavy atom. The molecule has 0 aliphatic rings. The van der Waals surface area contributed by atoms with Crippen LogP contribution in [0.15, 0.2) is 16.6 Å². The Hall–Kier alpha value is -0.750. The summed E-state index contributed by atoms with van der Waals surface area (Å²) in [6, 6.07) is 0.348. The molecule has 0 amide bonds. The highest BCUT2D eigenvalue weighted by Gasteiger charge is 2.25. The highest BCUT2D eigenvalue weighted by molar-refractivity contribution is 9.10. The second-order valence-electron chi connectivity index (χ2n) is 2.65. The van der Waals surface area contributed by atoms with Crippen LogP contribution in [-0.2, 0) is 0 Å². The number of hydrogen-bond acceptors (Lipinski definition) is 2. The van der Waals surface area contributed by atoms with Crippen LogP contribution in [-0.4, -0.2) is 11.5 Å². The van der Waals surface area contributed by atoms with Gasteiger partial charge in [0, 0.05) is 0 Å². The van der Waals surface area contributed by atoms with E-state index in [2.05, 4.69) is 15.9 Å². The van der Waals surface area contributed by atoms with E-state index in [1.54, 1.807) is 0 Å². The van der Waals surface area contributed by atoms with Gasteiger partial charge in [0.25, 0.3) is 6.43 Å². The van der Waals surface area contributed by atoms with Crippen LogP contribution in [0.5, 0.6) is 5.75 Å². The molecule has 0 spiro atoms. The third kappa shape index (κ3) is 2.01. The van der Waals surface area contributed by atoms with Crippen molar-refractivity contribution in [2.75, 3.05) is 0 Å². The van der Waals surface area contributed by atoms with Gasteiger partial charge in [0.1, 0.15) is 11.6 Å². The lowest BCUT2D eigenvalue weighted by Gasteiger charge is -2.14. The monoisotopic (exact) mass is 269 g/mol. The third-order valence-corrected chi connectivity index (χ3v) is 2.36. The molecule has 0 saturated heterocycles. The molecular formula is C8H7BrF3NO. The van der Waals surface area contributed by atoms with Gasteiger partial charge in [-0.3, -0.25) is 0 Å². The van der Waals surface area contributed by atoms with E-state index >= 15 is 0 Å². The first-order chi connectivity index (χ1) is 6.45. The quantitative estimate of drug-likeness (QED) is 0.867. The normalized spacial score (nSPS) is 13.3. The van der Waals surface area contributed by atoms with Crippen LogP contribution in [0.1, 0.15) is 11.6 Å². The van der Waals surface area contributed by atoms with E-state index in [-0.39, 0.29) is 4.47 Å². The van der Waals surface area contributed by atoms with Crippen molar-refractivity contribution in [1.29, 1.82) is 0 Å². The van der Waals surface area contributed by atoms with Crippen molar-refractivity contribution in [2.45, 2.75) is 12.5 Å². The number of phenols is 1. The average Bonchev–Trinajstić information content (AvgIpc) is 2.12. The Labute approximate surface area is 86.7 Å². The van der Waals surface area contributed by atoms with Crippen LogP contribution in [0.25, 0.3) is 0 Å². The predicted molar refractivity (Wildman–Crippen MR) is 48.7 cm³/mol. The Kier molecular flexibility index (Phi) is 3.38. The van der Waals surface area contributed by atoms with Crippen LogP contribution in [0.4, 0.5) is 13.2 Å². The van der Waals surface area contributed by atoms with E-state index in [4.69, 9.17) is 5.73 Å². The molecule has 1 aromatic carbocycles. The zero-order valence-electron chi connectivity index (χ0n) is 6.85. The Morgan fingerprint density at radius 2 is 1.93 bits per heavy atom. The standard InChI is InChI=1S/C8H7BrF3NO/c9-3-1-2-4(10)5(7(3)14)6(13)8(11)12/h1-2,6,8,14H,13H2/t6-/m0/s1. The molecule has 2 nitrogen and oxygen atoms in total. The molecule has 0 bridgehead atoms. The zero-order valence-corrected chi connectivity index (χ0v) is 8.43. The minimum Gasteiger partial charge on any atom is -0.506 e. The van der Waals surface area contributed by atoms with Crippen molar-refractivity contribution in [1.82, 2.24) is 0 Å². The van der Waals surface area contributed by atoms with Gasteiger partial charge in [-0.2, -0.15) is 0 Å². The number of halogens is 4. The van der Waals surface area contributed by atoms with Gasteiger partial charge in [-0.05, 0) is 28.1 Å². The fourth-order valence-corrected chi connectivity index (χ4v) is 1.35. The summed E-state index contributed by atoms with van der Waals surface area (Å²) in [5.41, 5.74) is 4.46. The van der Waals surface area contributed by atoms with Crippen molar-refractivity contribution < 1.29 is 18.3 Å². The molecule has 14 heavy (non-hydrogen) atoms. The molecule has 6 heteroatoms. The van der Waals surface area contributed by atoms with E-state index in [1.165, 1.54) is 6.07 Å². The van der Waals surface area contributed by atoms with Gasteiger partial charge in [0.2, 0.25) is 0 Å². The van der Waals surface area contributed by atoms with Crippen molar-refractivity contribution in [3.8, 4) is 5.75 Å². The summed E-state index contributed by atoms with van der Waals surface area (Å²) < 4.78 is 37.6. The first-order valence-corrected chi connectivity index (χ1v) is 4.45. The summed E-state index contributed by atoms with van der Waals surface area (Å²) in [5, 5.41) is 9.30. The van der Waals surface area contributed by atoms with Crippen LogP contribution >= 0.6 is 15.9 Å². The number of rotatable bonds is 2. The largest absolute Gasteiger partial charge is 0.506 e. The molecule has 0 heterocycles. The number of aromatic hydroxyl groups is 1. The lowest BCUT2D eigenvalue weighted by Crippen LogP contribution is -2.20. The number of hydrogen-bond donors (Lipinski definition) is 2. The first-order valence-electron chi connectivity index (χ1n) is 3.65. The topological polar surface area (TPSA) is 46.2 Å². The molecule has 1 rings (SSSR count). The maximum absolute atomic E-state index is 13.0. The molecule has 0 aromatic heterocycles. The lowest BCUT2D eigenvalue weighted by atomic mass is 10.1. The predicted octanol–water partition coefficient (Wildman–Crippen LogP) is 2.56. The third-order valence-electron chi connectivity index (χ3n) is 1.72. The van der Waals surface area contributed by atoms with E-state index < -0.39 is 29.6 Å². The summed E-state index contributed by atoms with van der Waals surface area (Å²) in [5.74, 6) is -1.53. The number of nitrogens with two attached hydrogens (primary N) is 1. The molecule has 0 radical (unpaired) electrons. The summed E-state index contributed by atoms with van der Waals surface area (Å²) in [4.78, 5) is 0. The lowest BCUT2D eigenvalue weighted by molar-refractivity contribution is 0.113. The highest BCUT2D eigenvalue weighted by Crippen LogP contribution is 2.35. The van der Waals surface area contributed by atoms with Crippen LogP contribution in [0.2, 0.25) is 0 Å². The highest BCUT2D eigenvalue weighted by atomic mass is 79.9. The van der Waals surface area contributed by atoms with Gasteiger partial charge >= 0.3 is 0 Å². The van der Waals surface area contributed by atoms with Crippen molar-refractivity contribution in [3.05, 3.63) is 28.0 Å². The summed E-state index contributed by atoms with van der Waals surface area (Å²) in [6.45, 7) is 0. The van der Waals surface area contributed by atoms with Gasteiger partial charge in [0.05, 0.1) is 16.1 Å². The zero-order chi connectivity index (χ0) is 10.9.